The van der Waals surface area contributed by atoms with Gasteiger partial charge in [-0.05, 0) is 36.1 Å². The van der Waals surface area contributed by atoms with Crippen molar-refractivity contribution >= 4 is 29.2 Å². The van der Waals surface area contributed by atoms with Gasteiger partial charge in [0.05, 0.1) is 13.7 Å². The molecule has 4 amide bonds. The summed E-state index contributed by atoms with van der Waals surface area (Å²) in [5.74, 6) is -0.196. The fourth-order valence-electron chi connectivity index (χ4n) is 2.76. The molecule has 0 bridgehead atoms. The number of urea groups is 1. The van der Waals surface area contributed by atoms with Crippen LogP contribution >= 0.6 is 11.3 Å². The van der Waals surface area contributed by atoms with E-state index in [9.17, 15) is 14.4 Å². The number of amides is 4. The van der Waals surface area contributed by atoms with Crippen LogP contribution in [0, 0.1) is 0 Å². The van der Waals surface area contributed by atoms with Gasteiger partial charge in [0.1, 0.15) is 17.8 Å². The number of benzene rings is 1. The monoisotopic (exact) mass is 373 g/mol. The largest absolute Gasteiger partial charge is 0.497 e. The number of ether oxygens (including phenoxy) is 1. The van der Waals surface area contributed by atoms with Gasteiger partial charge >= 0.3 is 6.03 Å². The third-order valence-electron chi connectivity index (χ3n) is 4.28. The lowest BCUT2D eigenvalue weighted by molar-refractivity contribution is -0.134. The van der Waals surface area contributed by atoms with Crippen LogP contribution in [0.15, 0.2) is 41.8 Å². The topological polar surface area (TPSA) is 87.7 Å². The molecular formula is C18H19N3O4S. The summed E-state index contributed by atoms with van der Waals surface area (Å²) in [6.45, 7) is 1.68. The third kappa shape index (κ3) is 3.41. The number of nitrogens with zero attached hydrogens (tertiary/aromatic N) is 1. The Bertz CT molecular complexity index is 819. The van der Waals surface area contributed by atoms with Gasteiger partial charge in [0.25, 0.3) is 5.91 Å². The Hall–Kier alpha value is -2.87. The summed E-state index contributed by atoms with van der Waals surface area (Å²) in [6, 6.07) is 10.1. The Morgan fingerprint density at radius 3 is 2.62 bits per heavy atom. The van der Waals surface area contributed by atoms with E-state index in [1.54, 1.807) is 38.3 Å². The number of hydrogen-bond acceptors (Lipinski definition) is 5. The van der Waals surface area contributed by atoms with Crippen molar-refractivity contribution < 1.29 is 19.1 Å². The first-order valence-corrected chi connectivity index (χ1v) is 8.90. The Morgan fingerprint density at radius 2 is 2.00 bits per heavy atom. The number of imide groups is 1. The van der Waals surface area contributed by atoms with E-state index in [1.165, 1.54) is 11.3 Å². The standard InChI is InChI=1S/C18H19N3O4S/c1-18(12-5-7-13(25-2)8-6-12)16(23)21(17(24)20-18)11-15(22)19-10-14-4-3-9-26-14/h3-9H,10-11H2,1-2H3,(H,19,22)(H,20,24)/t18-/m1/s1. The molecule has 0 spiro atoms. The van der Waals surface area contributed by atoms with Crippen LogP contribution in [0.2, 0.25) is 0 Å². The van der Waals surface area contributed by atoms with Gasteiger partial charge in [0, 0.05) is 4.88 Å². The predicted octanol–water partition coefficient (Wildman–Crippen LogP) is 1.84. The molecule has 3 rings (SSSR count). The number of carbonyl (C=O) groups is 3. The van der Waals surface area contributed by atoms with Crippen LogP contribution in [0.3, 0.4) is 0 Å². The number of thiophene rings is 1. The molecule has 7 nitrogen and oxygen atoms in total. The Kier molecular flexibility index (Phi) is 4.94. The lowest BCUT2D eigenvalue weighted by Gasteiger charge is -2.22. The maximum atomic E-state index is 12.8. The van der Waals surface area contributed by atoms with Gasteiger partial charge in [0.15, 0.2) is 0 Å². The van der Waals surface area contributed by atoms with E-state index in [0.717, 1.165) is 9.78 Å². The van der Waals surface area contributed by atoms with E-state index in [1.807, 2.05) is 17.5 Å². The molecule has 1 aromatic heterocycles. The molecule has 0 unspecified atom stereocenters. The van der Waals surface area contributed by atoms with Gasteiger partial charge in [-0.3, -0.25) is 14.5 Å². The smallest absolute Gasteiger partial charge is 0.325 e. The van der Waals surface area contributed by atoms with Crippen molar-refractivity contribution in [1.82, 2.24) is 15.5 Å². The number of hydrogen-bond donors (Lipinski definition) is 2. The van der Waals surface area contributed by atoms with Crippen molar-refractivity contribution in [3.8, 4) is 5.75 Å². The van der Waals surface area contributed by atoms with Gasteiger partial charge in [-0.25, -0.2) is 4.79 Å². The van der Waals surface area contributed by atoms with Crippen molar-refractivity contribution in [2.75, 3.05) is 13.7 Å². The van der Waals surface area contributed by atoms with E-state index < -0.39 is 17.5 Å². The molecule has 1 aliphatic rings. The molecule has 1 aliphatic heterocycles. The Morgan fingerprint density at radius 1 is 1.27 bits per heavy atom. The van der Waals surface area contributed by atoms with Crippen molar-refractivity contribution in [3.05, 3.63) is 52.2 Å². The molecule has 2 heterocycles. The van der Waals surface area contributed by atoms with Crippen LogP contribution < -0.4 is 15.4 Å². The summed E-state index contributed by atoms with van der Waals surface area (Å²) in [4.78, 5) is 39.1. The molecule has 0 radical (unpaired) electrons. The second-order valence-corrected chi connectivity index (χ2v) is 7.06. The molecule has 2 aromatic rings. The van der Waals surface area contributed by atoms with Crippen LogP contribution in [0.1, 0.15) is 17.4 Å². The molecule has 136 valence electrons. The zero-order valence-electron chi connectivity index (χ0n) is 14.4. The summed E-state index contributed by atoms with van der Waals surface area (Å²) in [5.41, 5.74) is -0.588. The molecule has 0 saturated carbocycles. The lowest BCUT2D eigenvalue weighted by atomic mass is 9.92. The van der Waals surface area contributed by atoms with E-state index in [2.05, 4.69) is 10.6 Å². The summed E-state index contributed by atoms with van der Waals surface area (Å²) in [7, 11) is 1.55. The first kappa shape index (κ1) is 17.9. The first-order valence-electron chi connectivity index (χ1n) is 8.02. The summed E-state index contributed by atoms with van der Waals surface area (Å²) in [6.07, 6.45) is 0. The second-order valence-electron chi connectivity index (χ2n) is 6.03. The van der Waals surface area contributed by atoms with Crippen molar-refractivity contribution in [2.24, 2.45) is 0 Å². The molecule has 1 atom stereocenters. The molecular weight excluding hydrogens is 354 g/mol. The van der Waals surface area contributed by atoms with Crippen LogP contribution in [-0.2, 0) is 21.7 Å². The van der Waals surface area contributed by atoms with Crippen LogP contribution in [0.4, 0.5) is 4.79 Å². The fraction of sp³-hybridized carbons (Fsp3) is 0.278. The highest BCUT2D eigenvalue weighted by Gasteiger charge is 2.49. The minimum Gasteiger partial charge on any atom is -0.497 e. The van der Waals surface area contributed by atoms with Crippen LogP contribution in [0.5, 0.6) is 5.75 Å². The highest BCUT2D eigenvalue weighted by Crippen LogP contribution is 2.29. The lowest BCUT2D eigenvalue weighted by Crippen LogP contribution is -2.43. The van der Waals surface area contributed by atoms with Gasteiger partial charge in [-0.2, -0.15) is 0 Å². The zero-order valence-corrected chi connectivity index (χ0v) is 15.3. The SMILES string of the molecule is COc1ccc([C@@]2(C)NC(=O)N(CC(=O)NCc3cccs3)C2=O)cc1. The predicted molar refractivity (Wildman–Crippen MR) is 96.8 cm³/mol. The highest BCUT2D eigenvalue weighted by atomic mass is 32.1. The van der Waals surface area contributed by atoms with Crippen LogP contribution in [0.25, 0.3) is 0 Å². The maximum Gasteiger partial charge on any atom is 0.325 e. The zero-order chi connectivity index (χ0) is 18.7. The van der Waals surface area contributed by atoms with E-state index in [0.29, 0.717) is 17.9 Å². The Labute approximate surface area is 155 Å². The average Bonchev–Trinajstić information content (AvgIpc) is 3.23. The first-order chi connectivity index (χ1) is 12.4. The van der Waals surface area contributed by atoms with E-state index in [4.69, 9.17) is 4.74 Å². The summed E-state index contributed by atoms with van der Waals surface area (Å²) in [5, 5.41) is 7.31. The molecule has 1 fully saturated rings. The molecule has 8 heteroatoms. The molecule has 0 aliphatic carbocycles. The van der Waals surface area contributed by atoms with Gasteiger partial charge < -0.3 is 15.4 Å². The molecule has 2 N–H and O–H groups in total. The fourth-order valence-corrected chi connectivity index (χ4v) is 3.40. The number of nitrogens with one attached hydrogen (secondary N) is 2. The number of methoxy groups -OCH3 is 1. The quantitative estimate of drug-likeness (QED) is 0.757. The van der Waals surface area contributed by atoms with Crippen LogP contribution in [-0.4, -0.2) is 36.4 Å². The minimum absolute atomic E-state index is 0.318. The van der Waals surface area contributed by atoms with Crippen molar-refractivity contribution in [3.63, 3.8) is 0 Å². The van der Waals surface area contributed by atoms with E-state index in [-0.39, 0.29) is 12.5 Å². The van der Waals surface area contributed by atoms with E-state index >= 15 is 0 Å². The summed E-state index contributed by atoms with van der Waals surface area (Å²) < 4.78 is 5.11. The minimum atomic E-state index is -1.21. The second kappa shape index (κ2) is 7.17. The molecule has 26 heavy (non-hydrogen) atoms. The molecule has 1 saturated heterocycles. The molecule has 1 aromatic carbocycles. The normalized spacial score (nSPS) is 19.4. The summed E-state index contributed by atoms with van der Waals surface area (Å²) >= 11 is 1.52. The van der Waals surface area contributed by atoms with Crippen molar-refractivity contribution in [2.45, 2.75) is 19.0 Å². The average molecular weight is 373 g/mol. The van der Waals surface area contributed by atoms with Crippen molar-refractivity contribution in [1.29, 1.82) is 0 Å². The number of carbonyl (C=O) groups excluding carboxylic acids is 3. The highest BCUT2D eigenvalue weighted by molar-refractivity contribution is 7.09. The van der Waals surface area contributed by atoms with Gasteiger partial charge in [-0.1, -0.05) is 18.2 Å². The van der Waals surface area contributed by atoms with Gasteiger partial charge in [-0.15, -0.1) is 11.3 Å². The van der Waals surface area contributed by atoms with Gasteiger partial charge in [0.2, 0.25) is 5.91 Å². The number of rotatable bonds is 6. The third-order valence-corrected chi connectivity index (χ3v) is 5.16. The maximum absolute atomic E-state index is 12.8. The Balaban J connectivity index is 1.68.